The van der Waals surface area contributed by atoms with E-state index in [1.54, 1.807) is 27.9 Å². The molecule has 0 spiro atoms. The molecule has 0 aliphatic heterocycles. The first-order valence-corrected chi connectivity index (χ1v) is 18.1. The fourth-order valence-electron chi connectivity index (χ4n) is 10.6. The lowest BCUT2D eigenvalue weighted by molar-refractivity contribution is 0.623. The SMILES string of the molecule is CC1=CC2=C(CC1)c1cc3c(-c4ccccc4)c4c(c(C)c3c3cccc2c13)C1=CC2=C(C=CCC2)C2C(C3=CC=CCC3)=CC=C4C12. The fraction of sp³-hybridized carbons (Fsp3) is 0.208. The molecule has 11 rings (SSSR count). The lowest BCUT2D eigenvalue weighted by atomic mass is 9.64. The van der Waals surface area contributed by atoms with Crippen LogP contribution in [0.5, 0.6) is 0 Å². The summed E-state index contributed by atoms with van der Waals surface area (Å²) in [4.78, 5) is 0. The van der Waals surface area contributed by atoms with Crippen molar-refractivity contribution in [3.63, 3.8) is 0 Å². The molecule has 2 atom stereocenters. The van der Waals surface area contributed by atoms with Crippen LogP contribution in [0.15, 0.2) is 137 Å². The topological polar surface area (TPSA) is 0 Å². The second kappa shape index (κ2) is 9.80. The maximum atomic E-state index is 2.64. The van der Waals surface area contributed by atoms with Crippen LogP contribution in [0.4, 0.5) is 0 Å². The first-order chi connectivity index (χ1) is 23.7. The molecule has 48 heavy (non-hydrogen) atoms. The standard InChI is InChI=1S/C48H38/c1-27-20-21-34-38(24-27)35-18-11-19-36-42-28(2)43-40-25-31-16-9-10-17-32(31)46-33(29-12-5-3-6-13-29)22-23-37(47(40)46)48(43)44(30-14-7-4-8-15-30)41(42)26-39(34)45(35)36/h3-5,7-8,10-12,14-15,17-19,22-26,46-47H,6,9,13,16,20-21H2,1-2H3. The summed E-state index contributed by atoms with van der Waals surface area (Å²) in [6.07, 6.45) is 28.9. The van der Waals surface area contributed by atoms with E-state index in [9.17, 15) is 0 Å². The van der Waals surface area contributed by atoms with Crippen LogP contribution in [0.1, 0.15) is 73.3 Å². The highest BCUT2D eigenvalue weighted by Gasteiger charge is 2.47. The molecule has 0 heteroatoms. The number of hydrogen-bond donors (Lipinski definition) is 0. The molecule has 0 bridgehead atoms. The van der Waals surface area contributed by atoms with Crippen LogP contribution in [0.25, 0.3) is 55.0 Å². The summed E-state index contributed by atoms with van der Waals surface area (Å²) in [5.74, 6) is 0.719. The van der Waals surface area contributed by atoms with Crippen molar-refractivity contribution >= 4 is 43.8 Å². The van der Waals surface area contributed by atoms with E-state index in [0.29, 0.717) is 11.8 Å². The zero-order valence-corrected chi connectivity index (χ0v) is 27.8. The third-order valence-corrected chi connectivity index (χ3v) is 12.5. The molecule has 0 N–H and O–H groups in total. The molecule has 0 radical (unpaired) electrons. The van der Waals surface area contributed by atoms with Crippen molar-refractivity contribution in [2.75, 3.05) is 0 Å². The van der Waals surface area contributed by atoms with Crippen LogP contribution in [-0.4, -0.2) is 0 Å². The zero-order chi connectivity index (χ0) is 31.7. The van der Waals surface area contributed by atoms with Crippen molar-refractivity contribution < 1.29 is 0 Å². The van der Waals surface area contributed by atoms with Crippen molar-refractivity contribution in [2.24, 2.45) is 11.8 Å². The van der Waals surface area contributed by atoms with Crippen molar-refractivity contribution in [3.05, 3.63) is 165 Å². The van der Waals surface area contributed by atoms with E-state index in [4.69, 9.17) is 0 Å². The predicted octanol–water partition coefficient (Wildman–Crippen LogP) is 12.8. The van der Waals surface area contributed by atoms with Gasteiger partial charge in [-0.1, -0.05) is 109 Å². The summed E-state index contributed by atoms with van der Waals surface area (Å²) in [5, 5.41) is 5.76. The Morgan fingerprint density at radius 1 is 0.625 bits per heavy atom. The number of fused-ring (bicyclic) bond motifs is 8. The minimum atomic E-state index is 0.348. The van der Waals surface area contributed by atoms with Crippen LogP contribution in [-0.2, 0) is 0 Å². The highest BCUT2D eigenvalue weighted by atomic mass is 14.5. The third kappa shape index (κ3) is 3.46. The van der Waals surface area contributed by atoms with Crippen LogP contribution in [0, 0.1) is 18.8 Å². The Kier molecular flexibility index (Phi) is 5.52. The van der Waals surface area contributed by atoms with Gasteiger partial charge in [-0.2, -0.15) is 0 Å². The minimum absolute atomic E-state index is 0.348. The molecule has 0 saturated heterocycles. The fourth-order valence-corrected chi connectivity index (χ4v) is 10.6. The van der Waals surface area contributed by atoms with Crippen LogP contribution in [0.3, 0.4) is 0 Å². The molecule has 0 aromatic heterocycles. The zero-order valence-electron chi connectivity index (χ0n) is 27.8. The Balaban J connectivity index is 1.29. The smallest absolute Gasteiger partial charge is 0.0212 e. The Morgan fingerprint density at radius 3 is 2.38 bits per heavy atom. The van der Waals surface area contributed by atoms with Crippen molar-refractivity contribution in [1.82, 2.24) is 0 Å². The normalized spacial score (nSPS) is 23.0. The summed E-state index contributed by atoms with van der Waals surface area (Å²) in [5.41, 5.74) is 23.9. The van der Waals surface area contributed by atoms with Crippen molar-refractivity contribution in [3.8, 4) is 11.1 Å². The molecule has 2 unspecified atom stereocenters. The van der Waals surface area contributed by atoms with Gasteiger partial charge in [-0.15, -0.1) is 0 Å². The molecular weight excluding hydrogens is 577 g/mol. The monoisotopic (exact) mass is 614 g/mol. The molecule has 0 amide bonds. The summed E-state index contributed by atoms with van der Waals surface area (Å²) in [6.45, 7) is 4.74. The first-order valence-electron chi connectivity index (χ1n) is 18.1. The summed E-state index contributed by atoms with van der Waals surface area (Å²) in [7, 11) is 0. The highest BCUT2D eigenvalue weighted by Crippen LogP contribution is 2.63. The van der Waals surface area contributed by atoms with Crippen molar-refractivity contribution in [1.29, 1.82) is 0 Å². The molecule has 7 aliphatic carbocycles. The van der Waals surface area contributed by atoms with Gasteiger partial charge in [0.05, 0.1) is 0 Å². The molecule has 0 saturated carbocycles. The van der Waals surface area contributed by atoms with Gasteiger partial charge in [0, 0.05) is 11.8 Å². The van der Waals surface area contributed by atoms with E-state index in [0.717, 1.165) is 38.5 Å². The predicted molar refractivity (Wildman–Crippen MR) is 204 cm³/mol. The maximum absolute atomic E-state index is 2.64. The second-order valence-corrected chi connectivity index (χ2v) is 15.0. The number of aryl methyl sites for hydroxylation is 1. The molecule has 4 aromatic carbocycles. The number of hydrogen-bond acceptors (Lipinski definition) is 0. The number of rotatable bonds is 2. The van der Waals surface area contributed by atoms with E-state index in [1.165, 1.54) is 82.8 Å². The third-order valence-electron chi connectivity index (χ3n) is 12.5. The Labute approximate surface area is 283 Å². The van der Waals surface area contributed by atoms with Crippen LogP contribution in [0.2, 0.25) is 0 Å². The van der Waals surface area contributed by atoms with Gasteiger partial charge in [0.15, 0.2) is 0 Å². The van der Waals surface area contributed by atoms with Gasteiger partial charge in [-0.05, 0) is 164 Å². The van der Waals surface area contributed by atoms with Gasteiger partial charge in [0.1, 0.15) is 0 Å². The molecule has 230 valence electrons. The van der Waals surface area contributed by atoms with Gasteiger partial charge < -0.3 is 0 Å². The highest BCUT2D eigenvalue weighted by molar-refractivity contribution is 6.27. The van der Waals surface area contributed by atoms with E-state index in [-0.39, 0.29) is 0 Å². The molecule has 0 heterocycles. The molecule has 4 aromatic rings. The molecule has 0 fully saturated rings. The largest absolute Gasteiger partial charge is 0.0842 e. The minimum Gasteiger partial charge on any atom is -0.0842 e. The van der Waals surface area contributed by atoms with Crippen LogP contribution < -0.4 is 0 Å². The molecular formula is C48H38. The van der Waals surface area contributed by atoms with Gasteiger partial charge >= 0.3 is 0 Å². The quantitative estimate of drug-likeness (QED) is 0.197. The van der Waals surface area contributed by atoms with E-state index >= 15 is 0 Å². The average Bonchev–Trinajstić information content (AvgIpc) is 3.63. The number of benzene rings is 4. The second-order valence-electron chi connectivity index (χ2n) is 15.0. The van der Waals surface area contributed by atoms with E-state index in [2.05, 4.69) is 123 Å². The summed E-state index contributed by atoms with van der Waals surface area (Å²) < 4.78 is 0. The summed E-state index contributed by atoms with van der Waals surface area (Å²) in [6, 6.07) is 21.0. The Morgan fingerprint density at radius 2 is 1.50 bits per heavy atom. The molecule has 0 nitrogen and oxygen atoms in total. The maximum Gasteiger partial charge on any atom is 0.0212 e. The molecule has 7 aliphatic rings. The Bertz CT molecular complexity index is 2490. The number of allylic oxidation sites excluding steroid dienone is 18. The lowest BCUT2D eigenvalue weighted by Crippen LogP contribution is -2.26. The van der Waals surface area contributed by atoms with Crippen molar-refractivity contribution in [2.45, 2.75) is 52.4 Å². The van der Waals surface area contributed by atoms with Gasteiger partial charge in [-0.3, -0.25) is 0 Å². The lowest BCUT2D eigenvalue weighted by Gasteiger charge is -2.39. The van der Waals surface area contributed by atoms with Gasteiger partial charge in [0.2, 0.25) is 0 Å². The first kappa shape index (κ1) is 27.1. The average molecular weight is 615 g/mol. The Hall–Kier alpha value is -4.94. The summed E-state index contributed by atoms with van der Waals surface area (Å²) >= 11 is 0. The van der Waals surface area contributed by atoms with Gasteiger partial charge in [0.25, 0.3) is 0 Å². The van der Waals surface area contributed by atoms with E-state index in [1.807, 2.05) is 0 Å². The van der Waals surface area contributed by atoms with E-state index < -0.39 is 0 Å². The van der Waals surface area contributed by atoms with Crippen LogP contribution >= 0.6 is 0 Å². The van der Waals surface area contributed by atoms with Gasteiger partial charge in [-0.25, -0.2) is 0 Å².